The number of carbonyl (C=O) groups is 1. The Morgan fingerprint density at radius 3 is 2.42 bits per heavy atom. The van der Waals surface area contributed by atoms with E-state index in [-0.39, 0.29) is 17.9 Å². The molecule has 1 aromatic carbocycles. The van der Waals surface area contributed by atoms with E-state index in [1.165, 1.54) is 0 Å². The van der Waals surface area contributed by atoms with Gasteiger partial charge < -0.3 is 10.2 Å². The molecule has 2 heterocycles. The number of hydrogen-bond acceptors (Lipinski definition) is 2. The molecule has 0 bridgehead atoms. The van der Waals surface area contributed by atoms with Crippen LogP contribution in [0.5, 0.6) is 0 Å². The third-order valence-electron chi connectivity index (χ3n) is 5.41. The number of likely N-dealkylation sites (tertiary alicyclic amines) is 1. The summed E-state index contributed by atoms with van der Waals surface area (Å²) in [5, 5.41) is 3.32. The van der Waals surface area contributed by atoms with E-state index in [0.29, 0.717) is 13.1 Å². The second kappa shape index (κ2) is 6.06. The quantitative estimate of drug-likeness (QED) is 0.895. The molecule has 2 saturated heterocycles. The Morgan fingerprint density at radius 2 is 1.92 bits per heavy atom. The van der Waals surface area contributed by atoms with Crippen LogP contribution in [0.4, 0.5) is 13.2 Å². The lowest BCUT2D eigenvalue weighted by Gasteiger charge is -2.37. The summed E-state index contributed by atoms with van der Waals surface area (Å²) in [7, 11) is 0. The standard InChI is InChI=1S/C18H23F3N2O/c1-12(2)23-10-15(17(16(23)24)8-3-9-22-11-17)13-4-6-14(7-5-13)18(19,20)21/h4-7,12,15,22H,3,8-11H2,1-2H3/t15-,17+/m1/s1. The molecule has 1 amide bonds. The van der Waals surface area contributed by atoms with Crippen molar-refractivity contribution in [3.63, 3.8) is 0 Å². The van der Waals surface area contributed by atoms with E-state index in [9.17, 15) is 18.0 Å². The van der Waals surface area contributed by atoms with Crippen LogP contribution >= 0.6 is 0 Å². The molecule has 2 aliphatic rings. The van der Waals surface area contributed by atoms with E-state index < -0.39 is 17.2 Å². The third-order valence-corrected chi connectivity index (χ3v) is 5.41. The number of nitrogens with one attached hydrogen (secondary N) is 1. The zero-order valence-electron chi connectivity index (χ0n) is 14.0. The number of benzene rings is 1. The fraction of sp³-hybridized carbons (Fsp3) is 0.611. The molecule has 2 aliphatic heterocycles. The summed E-state index contributed by atoms with van der Waals surface area (Å²) in [5.41, 5.74) is -0.349. The fourth-order valence-corrected chi connectivity index (χ4v) is 4.07. The predicted octanol–water partition coefficient (Wildman–Crippen LogP) is 3.41. The third kappa shape index (κ3) is 2.81. The van der Waals surface area contributed by atoms with Gasteiger partial charge in [0.05, 0.1) is 11.0 Å². The highest BCUT2D eigenvalue weighted by Gasteiger charge is 2.55. The van der Waals surface area contributed by atoms with Gasteiger partial charge in [0.1, 0.15) is 0 Å². The minimum Gasteiger partial charge on any atom is -0.339 e. The van der Waals surface area contributed by atoms with Crippen molar-refractivity contribution >= 4 is 5.91 Å². The summed E-state index contributed by atoms with van der Waals surface area (Å²) >= 11 is 0. The van der Waals surface area contributed by atoms with Crippen LogP contribution in [0, 0.1) is 5.41 Å². The molecule has 1 aromatic rings. The zero-order chi connectivity index (χ0) is 17.5. The number of piperidine rings is 1. The summed E-state index contributed by atoms with van der Waals surface area (Å²) in [4.78, 5) is 14.9. The Bertz CT molecular complexity index is 604. The van der Waals surface area contributed by atoms with Crippen molar-refractivity contribution in [1.29, 1.82) is 0 Å². The van der Waals surface area contributed by atoms with Gasteiger partial charge in [-0.15, -0.1) is 0 Å². The van der Waals surface area contributed by atoms with Crippen molar-refractivity contribution in [3.05, 3.63) is 35.4 Å². The lowest BCUT2D eigenvalue weighted by molar-refractivity contribution is -0.139. The first-order valence-electron chi connectivity index (χ1n) is 8.44. The number of halogens is 3. The van der Waals surface area contributed by atoms with Crippen molar-refractivity contribution in [2.45, 2.75) is 44.8 Å². The first kappa shape index (κ1) is 17.3. The molecule has 0 unspecified atom stereocenters. The molecule has 3 rings (SSSR count). The lowest BCUT2D eigenvalue weighted by Crippen LogP contribution is -2.48. The van der Waals surface area contributed by atoms with E-state index in [2.05, 4.69) is 5.32 Å². The Balaban J connectivity index is 1.96. The first-order valence-corrected chi connectivity index (χ1v) is 8.44. The fourth-order valence-electron chi connectivity index (χ4n) is 4.07. The van der Waals surface area contributed by atoms with Crippen molar-refractivity contribution in [2.24, 2.45) is 5.41 Å². The topological polar surface area (TPSA) is 32.3 Å². The van der Waals surface area contributed by atoms with Crippen LogP contribution in [0.1, 0.15) is 43.7 Å². The van der Waals surface area contributed by atoms with Gasteiger partial charge in [-0.1, -0.05) is 12.1 Å². The van der Waals surface area contributed by atoms with Crippen LogP contribution < -0.4 is 5.32 Å². The van der Waals surface area contributed by atoms with E-state index in [0.717, 1.165) is 37.1 Å². The molecule has 0 saturated carbocycles. The first-order chi connectivity index (χ1) is 11.3. The number of carbonyl (C=O) groups excluding carboxylic acids is 1. The molecule has 1 N–H and O–H groups in total. The van der Waals surface area contributed by atoms with Crippen molar-refractivity contribution in [2.75, 3.05) is 19.6 Å². The smallest absolute Gasteiger partial charge is 0.339 e. The molecule has 24 heavy (non-hydrogen) atoms. The average molecular weight is 340 g/mol. The van der Waals surface area contributed by atoms with Crippen LogP contribution in [0.25, 0.3) is 0 Å². The normalized spacial score (nSPS) is 28.2. The van der Waals surface area contributed by atoms with Gasteiger partial charge >= 0.3 is 6.18 Å². The number of alkyl halides is 3. The molecule has 2 atom stereocenters. The molecule has 132 valence electrons. The van der Waals surface area contributed by atoms with Gasteiger partial charge in [-0.25, -0.2) is 0 Å². The SMILES string of the molecule is CC(C)N1C[C@H](c2ccc(C(F)(F)F)cc2)[C@@]2(CCCNC2)C1=O. The van der Waals surface area contributed by atoms with Crippen molar-refractivity contribution in [1.82, 2.24) is 10.2 Å². The molecule has 6 heteroatoms. The van der Waals surface area contributed by atoms with Crippen LogP contribution in [0.2, 0.25) is 0 Å². The number of nitrogens with zero attached hydrogens (tertiary/aromatic N) is 1. The van der Waals surface area contributed by atoms with E-state index >= 15 is 0 Å². The highest BCUT2D eigenvalue weighted by molar-refractivity contribution is 5.87. The zero-order valence-corrected chi connectivity index (χ0v) is 14.0. The van der Waals surface area contributed by atoms with E-state index in [1.807, 2.05) is 18.7 Å². The summed E-state index contributed by atoms with van der Waals surface area (Å²) in [6.45, 7) is 6.02. The average Bonchev–Trinajstić information content (AvgIpc) is 2.81. The van der Waals surface area contributed by atoms with E-state index in [4.69, 9.17) is 0 Å². The Labute approximate surface area is 140 Å². The Morgan fingerprint density at radius 1 is 1.25 bits per heavy atom. The Kier molecular flexibility index (Phi) is 4.36. The summed E-state index contributed by atoms with van der Waals surface area (Å²) in [6.07, 6.45) is -2.64. The second-order valence-electron chi connectivity index (χ2n) is 7.16. The van der Waals surface area contributed by atoms with Gasteiger partial charge in [-0.2, -0.15) is 13.2 Å². The molecule has 0 aromatic heterocycles. The van der Waals surface area contributed by atoms with Crippen LogP contribution in [-0.2, 0) is 11.0 Å². The minimum absolute atomic E-state index is 0.0671. The van der Waals surface area contributed by atoms with E-state index in [1.54, 1.807) is 12.1 Å². The minimum atomic E-state index is -4.34. The maximum Gasteiger partial charge on any atom is 0.416 e. The Hall–Kier alpha value is -1.56. The number of amides is 1. The van der Waals surface area contributed by atoms with Crippen LogP contribution in [-0.4, -0.2) is 36.5 Å². The molecule has 0 aliphatic carbocycles. The predicted molar refractivity (Wildman–Crippen MR) is 85.6 cm³/mol. The van der Waals surface area contributed by atoms with Gasteiger partial charge in [0.25, 0.3) is 0 Å². The van der Waals surface area contributed by atoms with Gasteiger partial charge in [0, 0.05) is 25.0 Å². The largest absolute Gasteiger partial charge is 0.416 e. The maximum atomic E-state index is 13.0. The summed E-state index contributed by atoms with van der Waals surface area (Å²) in [5.74, 6) is 0.0667. The maximum absolute atomic E-state index is 13.0. The highest BCUT2D eigenvalue weighted by atomic mass is 19.4. The summed E-state index contributed by atoms with van der Waals surface area (Å²) < 4.78 is 38.4. The molecule has 2 fully saturated rings. The van der Waals surface area contributed by atoms with Crippen LogP contribution in [0.3, 0.4) is 0 Å². The van der Waals surface area contributed by atoms with Gasteiger partial charge in [-0.05, 0) is 50.9 Å². The molecular formula is C18H23F3N2O. The lowest BCUT2D eigenvalue weighted by atomic mass is 9.69. The van der Waals surface area contributed by atoms with Crippen molar-refractivity contribution < 1.29 is 18.0 Å². The molecule has 3 nitrogen and oxygen atoms in total. The second-order valence-corrected chi connectivity index (χ2v) is 7.16. The summed E-state index contributed by atoms with van der Waals surface area (Å²) in [6, 6.07) is 5.43. The number of rotatable bonds is 2. The molecule has 0 radical (unpaired) electrons. The van der Waals surface area contributed by atoms with Gasteiger partial charge in [0.15, 0.2) is 0 Å². The molecule has 1 spiro atoms. The van der Waals surface area contributed by atoms with Gasteiger partial charge in [0.2, 0.25) is 5.91 Å². The monoisotopic (exact) mass is 340 g/mol. The highest BCUT2D eigenvalue weighted by Crippen LogP contribution is 2.48. The van der Waals surface area contributed by atoms with Crippen LogP contribution in [0.15, 0.2) is 24.3 Å². The molecular weight excluding hydrogens is 317 g/mol. The number of hydrogen-bond donors (Lipinski definition) is 1. The van der Waals surface area contributed by atoms with Gasteiger partial charge in [-0.3, -0.25) is 4.79 Å². The van der Waals surface area contributed by atoms with Crippen molar-refractivity contribution in [3.8, 4) is 0 Å².